The number of benzene rings is 2. The van der Waals surface area contributed by atoms with E-state index < -0.39 is 17.5 Å². The first kappa shape index (κ1) is 18.7. The van der Waals surface area contributed by atoms with Gasteiger partial charge >= 0.3 is 6.03 Å². The highest BCUT2D eigenvalue weighted by atomic mass is 16.5. The Kier molecular flexibility index (Phi) is 4.78. The normalized spacial score (nSPS) is 19.5. The van der Waals surface area contributed by atoms with E-state index in [1.165, 1.54) is 0 Å². The van der Waals surface area contributed by atoms with Crippen molar-refractivity contribution in [2.75, 3.05) is 13.7 Å². The second kappa shape index (κ2) is 6.90. The van der Waals surface area contributed by atoms with Gasteiger partial charge in [-0.3, -0.25) is 14.5 Å². The number of hydrogen-bond donors (Lipinski definition) is 2. The summed E-state index contributed by atoms with van der Waals surface area (Å²) < 4.78 is 5.23. The van der Waals surface area contributed by atoms with E-state index in [0.29, 0.717) is 5.56 Å². The maximum atomic E-state index is 12.9. The Morgan fingerprint density at radius 2 is 1.85 bits per heavy atom. The van der Waals surface area contributed by atoms with Crippen LogP contribution in [0.25, 0.3) is 10.8 Å². The second-order valence-corrected chi connectivity index (χ2v) is 7.10. The summed E-state index contributed by atoms with van der Waals surface area (Å²) in [4.78, 5) is 38.2. The van der Waals surface area contributed by atoms with Crippen LogP contribution in [0.1, 0.15) is 26.3 Å². The molecule has 0 bridgehead atoms. The molecule has 2 aromatic rings. The lowest BCUT2D eigenvalue weighted by molar-refractivity contribution is -0.135. The summed E-state index contributed by atoms with van der Waals surface area (Å²) in [7, 11) is 1.60. The van der Waals surface area contributed by atoms with Gasteiger partial charge < -0.3 is 15.4 Å². The molecule has 0 aliphatic carbocycles. The molecule has 0 saturated carbocycles. The van der Waals surface area contributed by atoms with Crippen LogP contribution in [-0.2, 0) is 15.1 Å². The van der Waals surface area contributed by atoms with Crippen molar-refractivity contribution < 1.29 is 19.1 Å². The van der Waals surface area contributed by atoms with Crippen molar-refractivity contribution in [3.05, 3.63) is 42.0 Å². The Morgan fingerprint density at radius 3 is 2.52 bits per heavy atom. The number of methoxy groups -OCH3 is 1. The molecule has 0 unspecified atom stereocenters. The topological polar surface area (TPSA) is 87.7 Å². The molecule has 1 fully saturated rings. The number of imide groups is 1. The minimum absolute atomic E-state index is 0.0675. The lowest BCUT2D eigenvalue weighted by Gasteiger charge is -2.23. The average Bonchev–Trinajstić information content (AvgIpc) is 2.84. The highest BCUT2D eigenvalue weighted by molar-refractivity contribution is 6.09. The Morgan fingerprint density at radius 1 is 1.19 bits per heavy atom. The molecule has 7 heteroatoms. The van der Waals surface area contributed by atoms with Gasteiger partial charge in [-0.15, -0.1) is 0 Å². The van der Waals surface area contributed by atoms with Crippen molar-refractivity contribution in [2.45, 2.75) is 32.4 Å². The lowest BCUT2D eigenvalue weighted by Crippen LogP contribution is -2.44. The van der Waals surface area contributed by atoms with Crippen molar-refractivity contribution in [2.24, 2.45) is 0 Å². The van der Waals surface area contributed by atoms with Crippen molar-refractivity contribution in [3.63, 3.8) is 0 Å². The number of amides is 4. The Bertz CT molecular complexity index is 925. The summed E-state index contributed by atoms with van der Waals surface area (Å²) in [5.74, 6) is -0.0725. The molecule has 27 heavy (non-hydrogen) atoms. The van der Waals surface area contributed by atoms with Gasteiger partial charge in [0.15, 0.2) is 0 Å². The predicted octanol–water partition coefficient (Wildman–Crippen LogP) is 2.14. The van der Waals surface area contributed by atoms with Gasteiger partial charge in [-0.2, -0.15) is 0 Å². The fourth-order valence-electron chi connectivity index (χ4n) is 3.21. The Balaban J connectivity index is 1.89. The van der Waals surface area contributed by atoms with Crippen molar-refractivity contribution in [1.82, 2.24) is 15.5 Å². The molecule has 0 radical (unpaired) electrons. The quantitative estimate of drug-likeness (QED) is 0.791. The number of nitrogens with zero attached hydrogens (tertiary/aromatic N) is 1. The minimum Gasteiger partial charge on any atom is -0.497 e. The fraction of sp³-hybridized carbons (Fsp3) is 0.350. The zero-order valence-electron chi connectivity index (χ0n) is 15.8. The minimum atomic E-state index is -1.22. The van der Waals surface area contributed by atoms with Gasteiger partial charge in [0.05, 0.1) is 7.11 Å². The van der Waals surface area contributed by atoms with Gasteiger partial charge in [-0.05, 0) is 55.3 Å². The molecule has 7 nitrogen and oxygen atoms in total. The van der Waals surface area contributed by atoms with E-state index >= 15 is 0 Å². The third-order valence-corrected chi connectivity index (χ3v) is 4.65. The van der Waals surface area contributed by atoms with Crippen molar-refractivity contribution in [1.29, 1.82) is 0 Å². The van der Waals surface area contributed by atoms with Crippen LogP contribution in [0, 0.1) is 0 Å². The van der Waals surface area contributed by atoms with Crippen LogP contribution >= 0.6 is 0 Å². The first-order valence-corrected chi connectivity index (χ1v) is 8.76. The van der Waals surface area contributed by atoms with Crippen LogP contribution in [-0.4, -0.2) is 42.4 Å². The lowest BCUT2D eigenvalue weighted by atomic mass is 9.90. The summed E-state index contributed by atoms with van der Waals surface area (Å²) in [5, 5.41) is 7.30. The average molecular weight is 369 g/mol. The third kappa shape index (κ3) is 3.45. The second-order valence-electron chi connectivity index (χ2n) is 7.10. The largest absolute Gasteiger partial charge is 0.497 e. The SMILES string of the molecule is COc1ccc2cc([C@]3(C)NC(=O)N(CC(=O)NC(C)C)C3=O)ccc2c1. The number of nitrogens with one attached hydrogen (secondary N) is 2. The van der Waals surface area contributed by atoms with Crippen molar-refractivity contribution >= 4 is 28.6 Å². The summed E-state index contributed by atoms with van der Waals surface area (Å²) >= 11 is 0. The van der Waals surface area contributed by atoms with Crippen LogP contribution < -0.4 is 15.4 Å². The van der Waals surface area contributed by atoms with Gasteiger partial charge in [0.2, 0.25) is 5.91 Å². The smallest absolute Gasteiger partial charge is 0.325 e. The number of urea groups is 1. The number of fused-ring (bicyclic) bond motifs is 1. The van der Waals surface area contributed by atoms with E-state index in [9.17, 15) is 14.4 Å². The summed E-state index contributed by atoms with van der Waals surface area (Å²) in [6.45, 7) is 4.98. The van der Waals surface area contributed by atoms with Gasteiger partial charge in [-0.1, -0.05) is 18.2 Å². The van der Waals surface area contributed by atoms with Crippen molar-refractivity contribution in [3.8, 4) is 5.75 Å². The van der Waals surface area contributed by atoms with E-state index in [2.05, 4.69) is 10.6 Å². The number of hydrogen-bond acceptors (Lipinski definition) is 4. The molecule has 142 valence electrons. The zero-order valence-corrected chi connectivity index (χ0v) is 15.8. The monoisotopic (exact) mass is 369 g/mol. The molecular weight excluding hydrogens is 346 g/mol. The van der Waals surface area contributed by atoms with E-state index in [4.69, 9.17) is 4.74 Å². The van der Waals surface area contributed by atoms with E-state index in [1.54, 1.807) is 20.1 Å². The summed E-state index contributed by atoms with van der Waals surface area (Å²) in [6.07, 6.45) is 0. The molecule has 2 aromatic carbocycles. The number of ether oxygens (including phenoxy) is 1. The molecule has 1 atom stereocenters. The maximum Gasteiger partial charge on any atom is 0.325 e. The van der Waals surface area contributed by atoms with Gasteiger partial charge in [0, 0.05) is 6.04 Å². The zero-order chi connectivity index (χ0) is 19.8. The van der Waals surface area contributed by atoms with Crippen LogP contribution in [0.4, 0.5) is 4.79 Å². The van der Waals surface area contributed by atoms with E-state index in [-0.39, 0.29) is 18.5 Å². The molecular formula is C20H23N3O4. The van der Waals surface area contributed by atoms with E-state index in [1.807, 2.05) is 44.2 Å². The third-order valence-electron chi connectivity index (χ3n) is 4.65. The van der Waals surface area contributed by atoms with E-state index in [0.717, 1.165) is 21.4 Å². The van der Waals surface area contributed by atoms with Crippen LogP contribution in [0.2, 0.25) is 0 Å². The number of rotatable bonds is 5. The summed E-state index contributed by atoms with van der Waals surface area (Å²) in [5.41, 5.74) is -0.561. The van der Waals surface area contributed by atoms with Gasteiger partial charge in [-0.25, -0.2) is 4.79 Å². The van der Waals surface area contributed by atoms with Gasteiger partial charge in [0.25, 0.3) is 5.91 Å². The number of carbonyl (C=O) groups is 3. The molecule has 2 N–H and O–H groups in total. The van der Waals surface area contributed by atoms with Crippen LogP contribution in [0.5, 0.6) is 5.75 Å². The molecule has 3 rings (SSSR count). The number of carbonyl (C=O) groups excluding carboxylic acids is 3. The fourth-order valence-corrected chi connectivity index (χ4v) is 3.21. The predicted molar refractivity (Wildman–Crippen MR) is 101 cm³/mol. The molecule has 0 aromatic heterocycles. The highest BCUT2D eigenvalue weighted by Gasteiger charge is 2.49. The maximum absolute atomic E-state index is 12.9. The molecule has 1 heterocycles. The molecule has 1 aliphatic rings. The molecule has 1 aliphatic heterocycles. The standard InChI is InChI=1S/C20H23N3O4/c1-12(2)21-17(24)11-23-18(25)20(3,22-19(23)26)15-7-5-14-10-16(27-4)8-6-13(14)9-15/h5-10,12H,11H2,1-4H3,(H,21,24)(H,22,26)/t20-/m0/s1. The van der Waals surface area contributed by atoms with Crippen LogP contribution in [0.3, 0.4) is 0 Å². The van der Waals surface area contributed by atoms with Gasteiger partial charge in [0.1, 0.15) is 17.8 Å². The summed E-state index contributed by atoms with van der Waals surface area (Å²) in [6, 6.07) is 10.5. The molecule has 1 saturated heterocycles. The molecule has 0 spiro atoms. The van der Waals surface area contributed by atoms with Crippen LogP contribution in [0.15, 0.2) is 36.4 Å². The first-order valence-electron chi connectivity index (χ1n) is 8.76. The Hall–Kier alpha value is -3.09. The Labute approximate surface area is 157 Å². The highest BCUT2D eigenvalue weighted by Crippen LogP contribution is 2.31. The first-order chi connectivity index (χ1) is 12.7. The molecule has 4 amide bonds.